The van der Waals surface area contributed by atoms with Crippen LogP contribution in [-0.4, -0.2) is 19.2 Å². The van der Waals surface area contributed by atoms with Gasteiger partial charge in [-0.1, -0.05) is 11.3 Å². The number of thiazole rings is 1. The first-order valence-corrected chi connectivity index (χ1v) is 6.43. The quantitative estimate of drug-likeness (QED) is 0.909. The Labute approximate surface area is 93.5 Å². The van der Waals surface area contributed by atoms with Crippen LogP contribution in [0.25, 0.3) is 0 Å². The molecule has 0 fully saturated rings. The summed E-state index contributed by atoms with van der Waals surface area (Å²) in [5.41, 5.74) is 5.27. The van der Waals surface area contributed by atoms with Crippen LogP contribution in [0.1, 0.15) is 6.42 Å². The molecule has 0 aliphatic heterocycles. The standard InChI is InChI=1S/C7H7F3N2O2S2/c8-4(6(9)10)1-2-16(13,14)7-12-3-5(11)15-7/h3H,1-2,11H2. The van der Waals surface area contributed by atoms with Gasteiger partial charge in [0.05, 0.1) is 11.9 Å². The van der Waals surface area contributed by atoms with Crippen molar-refractivity contribution in [2.24, 2.45) is 0 Å². The molecule has 0 spiro atoms. The van der Waals surface area contributed by atoms with Gasteiger partial charge < -0.3 is 5.73 Å². The van der Waals surface area contributed by atoms with Gasteiger partial charge in [-0.15, -0.1) is 0 Å². The first kappa shape index (κ1) is 13.0. The van der Waals surface area contributed by atoms with Gasteiger partial charge in [-0.05, 0) is 0 Å². The lowest BCUT2D eigenvalue weighted by atomic mass is 10.4. The fraction of sp³-hybridized carbons (Fsp3) is 0.286. The molecule has 1 aromatic rings. The van der Waals surface area contributed by atoms with E-state index in [9.17, 15) is 21.6 Å². The Bertz CT molecular complexity index is 505. The molecule has 0 radical (unpaired) electrons. The molecule has 2 N–H and O–H groups in total. The van der Waals surface area contributed by atoms with Crippen molar-refractivity contribution in [2.75, 3.05) is 11.5 Å². The van der Waals surface area contributed by atoms with E-state index in [1.54, 1.807) is 0 Å². The molecule has 0 aliphatic carbocycles. The van der Waals surface area contributed by atoms with Gasteiger partial charge in [0.15, 0.2) is 5.83 Å². The van der Waals surface area contributed by atoms with Gasteiger partial charge in [0, 0.05) is 6.42 Å². The van der Waals surface area contributed by atoms with E-state index in [2.05, 4.69) is 4.98 Å². The molecule has 0 saturated carbocycles. The highest BCUT2D eigenvalue weighted by Crippen LogP contribution is 2.23. The van der Waals surface area contributed by atoms with E-state index in [0.717, 1.165) is 6.20 Å². The summed E-state index contributed by atoms with van der Waals surface area (Å²) in [4.78, 5) is 3.49. The molecule has 4 nitrogen and oxygen atoms in total. The van der Waals surface area contributed by atoms with Crippen LogP contribution in [0.3, 0.4) is 0 Å². The summed E-state index contributed by atoms with van der Waals surface area (Å²) in [5.74, 6) is -2.49. The second kappa shape index (κ2) is 4.83. The lowest BCUT2D eigenvalue weighted by Crippen LogP contribution is -2.06. The second-order valence-corrected chi connectivity index (χ2v) is 6.11. The normalized spacial score (nSPS) is 11.4. The highest BCUT2D eigenvalue weighted by molar-refractivity contribution is 7.93. The molecule has 0 aromatic carbocycles. The van der Waals surface area contributed by atoms with Crippen molar-refractivity contribution in [2.45, 2.75) is 10.8 Å². The Balaban J connectivity index is 2.78. The number of hydrogen-bond acceptors (Lipinski definition) is 5. The number of halogens is 3. The molecule has 16 heavy (non-hydrogen) atoms. The molecular weight excluding hydrogens is 265 g/mol. The molecule has 1 aromatic heterocycles. The molecule has 0 unspecified atom stereocenters. The largest absolute Gasteiger partial charge is 0.389 e. The molecule has 0 atom stereocenters. The van der Waals surface area contributed by atoms with Crippen LogP contribution in [-0.2, 0) is 9.84 Å². The first-order chi connectivity index (χ1) is 7.33. The zero-order valence-corrected chi connectivity index (χ0v) is 9.42. The SMILES string of the molecule is Nc1cnc(S(=O)(=O)CCC(F)=C(F)F)s1. The van der Waals surface area contributed by atoms with Crippen molar-refractivity contribution in [1.29, 1.82) is 0 Å². The van der Waals surface area contributed by atoms with Crippen molar-refractivity contribution >= 4 is 26.2 Å². The van der Waals surface area contributed by atoms with E-state index in [4.69, 9.17) is 5.73 Å². The highest BCUT2D eigenvalue weighted by Gasteiger charge is 2.20. The predicted molar refractivity (Wildman–Crippen MR) is 53.5 cm³/mol. The number of nitrogen functional groups attached to an aromatic ring is 1. The van der Waals surface area contributed by atoms with Crippen LogP contribution in [0.2, 0.25) is 0 Å². The molecule has 0 amide bonds. The number of rotatable bonds is 4. The van der Waals surface area contributed by atoms with Crippen molar-refractivity contribution in [3.05, 3.63) is 18.1 Å². The van der Waals surface area contributed by atoms with Gasteiger partial charge >= 0.3 is 6.08 Å². The number of nitrogens with zero attached hydrogens (tertiary/aromatic N) is 1. The minimum Gasteiger partial charge on any atom is -0.389 e. The predicted octanol–water partition coefficient (Wildman–Crippen LogP) is 1.97. The molecule has 0 aliphatic rings. The molecule has 1 heterocycles. The molecular formula is C7H7F3N2O2S2. The lowest BCUT2D eigenvalue weighted by Gasteiger charge is -1.98. The number of aromatic nitrogens is 1. The number of sulfone groups is 1. The van der Waals surface area contributed by atoms with Gasteiger partial charge in [0.2, 0.25) is 14.2 Å². The third kappa shape index (κ3) is 3.20. The maximum atomic E-state index is 12.4. The monoisotopic (exact) mass is 272 g/mol. The van der Waals surface area contributed by atoms with E-state index < -0.39 is 33.9 Å². The van der Waals surface area contributed by atoms with Crippen molar-refractivity contribution in [3.8, 4) is 0 Å². The summed E-state index contributed by atoms with van der Waals surface area (Å²) in [6.07, 6.45) is -2.24. The fourth-order valence-corrected chi connectivity index (χ4v) is 3.11. The van der Waals surface area contributed by atoms with Gasteiger partial charge in [-0.3, -0.25) is 0 Å². The van der Waals surface area contributed by atoms with Crippen LogP contribution in [0.4, 0.5) is 18.2 Å². The highest BCUT2D eigenvalue weighted by atomic mass is 32.2. The number of hydrogen-bond donors (Lipinski definition) is 1. The molecule has 1 rings (SSSR count). The maximum Gasteiger partial charge on any atom is 0.301 e. The van der Waals surface area contributed by atoms with E-state index >= 15 is 0 Å². The minimum atomic E-state index is -3.85. The van der Waals surface area contributed by atoms with Gasteiger partial charge in [-0.25, -0.2) is 17.8 Å². The minimum absolute atomic E-state index is 0.186. The summed E-state index contributed by atoms with van der Waals surface area (Å²) < 4.78 is 58.3. The van der Waals surface area contributed by atoms with Crippen LogP contribution < -0.4 is 5.73 Å². The Morgan fingerprint density at radius 3 is 2.50 bits per heavy atom. The Morgan fingerprint density at radius 1 is 1.44 bits per heavy atom. The average Bonchev–Trinajstić information content (AvgIpc) is 2.61. The maximum absolute atomic E-state index is 12.4. The lowest BCUT2D eigenvalue weighted by molar-refractivity contribution is 0.373. The molecule has 90 valence electrons. The van der Waals surface area contributed by atoms with E-state index in [0.29, 0.717) is 11.3 Å². The number of anilines is 1. The summed E-state index contributed by atoms with van der Waals surface area (Å²) >= 11 is 0.707. The van der Waals surface area contributed by atoms with Crippen LogP contribution in [0, 0.1) is 0 Å². The first-order valence-electron chi connectivity index (χ1n) is 3.96. The molecule has 0 saturated heterocycles. The molecule has 9 heteroatoms. The Hall–Kier alpha value is -1.09. The zero-order chi connectivity index (χ0) is 12.3. The van der Waals surface area contributed by atoms with E-state index in [1.165, 1.54) is 0 Å². The Morgan fingerprint density at radius 2 is 2.06 bits per heavy atom. The second-order valence-electron chi connectivity index (χ2n) is 2.76. The fourth-order valence-electron chi connectivity index (χ4n) is 0.819. The average molecular weight is 272 g/mol. The van der Waals surface area contributed by atoms with E-state index in [-0.39, 0.29) is 9.34 Å². The van der Waals surface area contributed by atoms with Gasteiger partial charge in [-0.2, -0.15) is 8.78 Å². The third-order valence-corrected chi connectivity index (χ3v) is 4.58. The smallest absolute Gasteiger partial charge is 0.301 e. The summed E-state index contributed by atoms with van der Waals surface area (Å²) in [6, 6.07) is 0. The molecule has 0 bridgehead atoms. The summed E-state index contributed by atoms with van der Waals surface area (Å²) in [7, 11) is -3.85. The zero-order valence-electron chi connectivity index (χ0n) is 7.78. The van der Waals surface area contributed by atoms with Gasteiger partial charge in [0.1, 0.15) is 5.00 Å². The van der Waals surface area contributed by atoms with Crippen molar-refractivity contribution in [1.82, 2.24) is 4.98 Å². The number of allylic oxidation sites excluding steroid dienone is 1. The summed E-state index contributed by atoms with van der Waals surface area (Å²) in [6.45, 7) is 0. The van der Waals surface area contributed by atoms with Crippen LogP contribution >= 0.6 is 11.3 Å². The summed E-state index contributed by atoms with van der Waals surface area (Å²) in [5, 5.41) is 0.186. The van der Waals surface area contributed by atoms with Crippen LogP contribution in [0.15, 0.2) is 22.4 Å². The van der Waals surface area contributed by atoms with Crippen molar-refractivity contribution < 1.29 is 21.6 Å². The topological polar surface area (TPSA) is 73.0 Å². The van der Waals surface area contributed by atoms with Crippen LogP contribution in [0.5, 0.6) is 0 Å². The van der Waals surface area contributed by atoms with Crippen molar-refractivity contribution in [3.63, 3.8) is 0 Å². The Kier molecular flexibility index (Phi) is 3.92. The number of nitrogens with two attached hydrogens (primary N) is 1. The third-order valence-electron chi connectivity index (χ3n) is 1.56. The van der Waals surface area contributed by atoms with E-state index in [1.807, 2.05) is 0 Å². The van der Waals surface area contributed by atoms with Gasteiger partial charge in [0.25, 0.3) is 0 Å².